The average molecular weight is 277 g/mol. The first-order valence-corrected chi connectivity index (χ1v) is 6.03. The number of pyridine rings is 1. The normalized spacial score (nSPS) is 10.5. The van der Waals surface area contributed by atoms with Gasteiger partial charge in [0.25, 0.3) is 0 Å². The Labute approximate surface area is 114 Å². The highest BCUT2D eigenvalue weighted by atomic mass is 16.4. The first-order chi connectivity index (χ1) is 9.54. The standard InChI is InChI=1S/C12H15N5O3/c1-13-9(18)3-4-14-10-7-6-16-17(2)11(7)15-5-8(10)12(19)20/h5-6H,3-4H2,1-2H3,(H,13,18)(H,14,15)(H,19,20). The Balaban J connectivity index is 2.34. The molecule has 2 rings (SSSR count). The van der Waals surface area contributed by atoms with Crippen LogP contribution < -0.4 is 10.6 Å². The predicted octanol–water partition coefficient (Wildman–Crippen LogP) is 0.214. The lowest BCUT2D eigenvalue weighted by Crippen LogP contribution is -2.21. The molecule has 20 heavy (non-hydrogen) atoms. The molecule has 0 aromatic carbocycles. The Kier molecular flexibility index (Phi) is 3.83. The number of anilines is 1. The summed E-state index contributed by atoms with van der Waals surface area (Å²) < 4.78 is 1.56. The summed E-state index contributed by atoms with van der Waals surface area (Å²) >= 11 is 0. The number of nitrogens with zero attached hydrogens (tertiary/aromatic N) is 3. The van der Waals surface area contributed by atoms with Gasteiger partial charge in [0.15, 0.2) is 5.65 Å². The lowest BCUT2D eigenvalue weighted by atomic mass is 10.2. The van der Waals surface area contributed by atoms with Gasteiger partial charge in [-0.25, -0.2) is 9.78 Å². The van der Waals surface area contributed by atoms with E-state index in [-0.39, 0.29) is 17.9 Å². The van der Waals surface area contributed by atoms with E-state index in [0.717, 1.165) is 0 Å². The highest BCUT2D eigenvalue weighted by molar-refractivity contribution is 6.03. The van der Waals surface area contributed by atoms with Gasteiger partial charge in [0.1, 0.15) is 5.56 Å². The van der Waals surface area contributed by atoms with E-state index < -0.39 is 5.97 Å². The molecule has 0 saturated carbocycles. The third-order valence-corrected chi connectivity index (χ3v) is 2.93. The van der Waals surface area contributed by atoms with Crippen molar-refractivity contribution in [2.75, 3.05) is 18.9 Å². The summed E-state index contributed by atoms with van der Waals surface area (Å²) in [5, 5.41) is 19.4. The number of hydrogen-bond donors (Lipinski definition) is 3. The molecule has 0 aliphatic carbocycles. The number of carboxylic acid groups (broad SMARTS) is 1. The molecule has 0 bridgehead atoms. The first kappa shape index (κ1) is 13.8. The highest BCUT2D eigenvalue weighted by Gasteiger charge is 2.16. The van der Waals surface area contributed by atoms with Crippen LogP contribution >= 0.6 is 0 Å². The monoisotopic (exact) mass is 277 g/mol. The smallest absolute Gasteiger partial charge is 0.339 e. The number of amides is 1. The molecule has 2 aromatic rings. The third-order valence-electron chi connectivity index (χ3n) is 2.93. The minimum Gasteiger partial charge on any atom is -0.478 e. The van der Waals surface area contributed by atoms with Gasteiger partial charge < -0.3 is 15.7 Å². The second-order valence-corrected chi connectivity index (χ2v) is 4.21. The number of aromatic nitrogens is 3. The molecule has 8 heteroatoms. The van der Waals surface area contributed by atoms with Gasteiger partial charge in [0, 0.05) is 33.3 Å². The van der Waals surface area contributed by atoms with Crippen LogP contribution in [0.2, 0.25) is 0 Å². The van der Waals surface area contributed by atoms with Gasteiger partial charge in [-0.1, -0.05) is 0 Å². The molecular weight excluding hydrogens is 262 g/mol. The van der Waals surface area contributed by atoms with E-state index in [4.69, 9.17) is 0 Å². The lowest BCUT2D eigenvalue weighted by molar-refractivity contribution is -0.120. The summed E-state index contributed by atoms with van der Waals surface area (Å²) in [5.74, 6) is -1.20. The fraction of sp³-hybridized carbons (Fsp3) is 0.333. The minimum atomic E-state index is -1.08. The molecule has 0 aliphatic heterocycles. The quantitative estimate of drug-likeness (QED) is 0.721. The van der Waals surface area contributed by atoms with E-state index in [1.165, 1.54) is 6.20 Å². The lowest BCUT2D eigenvalue weighted by Gasteiger charge is -2.10. The second kappa shape index (κ2) is 5.55. The molecule has 0 atom stereocenters. The Bertz CT molecular complexity index is 664. The maximum absolute atomic E-state index is 11.2. The van der Waals surface area contributed by atoms with Gasteiger partial charge in [0.05, 0.1) is 17.3 Å². The summed E-state index contributed by atoms with van der Waals surface area (Å²) in [6.07, 6.45) is 3.09. The molecule has 0 saturated heterocycles. The molecule has 8 nitrogen and oxygen atoms in total. The van der Waals surface area contributed by atoms with Gasteiger partial charge in [-0.2, -0.15) is 5.10 Å². The van der Waals surface area contributed by atoms with E-state index in [9.17, 15) is 14.7 Å². The zero-order valence-corrected chi connectivity index (χ0v) is 11.2. The van der Waals surface area contributed by atoms with Crippen LogP contribution in [0, 0.1) is 0 Å². The molecule has 3 N–H and O–H groups in total. The Morgan fingerprint density at radius 2 is 2.15 bits per heavy atom. The molecule has 2 heterocycles. The Morgan fingerprint density at radius 1 is 1.40 bits per heavy atom. The van der Waals surface area contributed by atoms with Gasteiger partial charge >= 0.3 is 5.97 Å². The first-order valence-electron chi connectivity index (χ1n) is 6.03. The van der Waals surface area contributed by atoms with Gasteiger partial charge in [0.2, 0.25) is 5.91 Å². The van der Waals surface area contributed by atoms with Crippen LogP contribution in [0.5, 0.6) is 0 Å². The van der Waals surface area contributed by atoms with Crippen LogP contribution in [0.4, 0.5) is 5.69 Å². The van der Waals surface area contributed by atoms with Crippen molar-refractivity contribution in [1.29, 1.82) is 0 Å². The van der Waals surface area contributed by atoms with Crippen molar-refractivity contribution >= 4 is 28.6 Å². The van der Waals surface area contributed by atoms with Crippen LogP contribution in [-0.2, 0) is 11.8 Å². The Hall–Kier alpha value is -2.64. The van der Waals surface area contributed by atoms with Crippen LogP contribution in [-0.4, -0.2) is 45.3 Å². The summed E-state index contributed by atoms with van der Waals surface area (Å²) in [7, 11) is 3.28. The van der Waals surface area contributed by atoms with Crippen molar-refractivity contribution in [3.05, 3.63) is 18.0 Å². The average Bonchev–Trinajstić information content (AvgIpc) is 2.80. The van der Waals surface area contributed by atoms with E-state index in [0.29, 0.717) is 23.3 Å². The number of aromatic carboxylic acids is 1. The number of carbonyl (C=O) groups is 2. The number of carbonyl (C=O) groups excluding carboxylic acids is 1. The summed E-state index contributed by atoms with van der Waals surface area (Å²) in [6, 6.07) is 0. The molecule has 0 radical (unpaired) electrons. The number of aryl methyl sites for hydroxylation is 1. The van der Waals surface area contributed by atoms with Crippen molar-refractivity contribution in [3.8, 4) is 0 Å². The van der Waals surface area contributed by atoms with E-state index in [2.05, 4.69) is 20.7 Å². The van der Waals surface area contributed by atoms with Crippen LogP contribution in [0.25, 0.3) is 11.0 Å². The number of fused-ring (bicyclic) bond motifs is 1. The third kappa shape index (κ3) is 2.53. The second-order valence-electron chi connectivity index (χ2n) is 4.21. The molecule has 0 aliphatic rings. The zero-order valence-electron chi connectivity index (χ0n) is 11.2. The van der Waals surface area contributed by atoms with Crippen LogP contribution in [0.3, 0.4) is 0 Å². The predicted molar refractivity (Wildman–Crippen MR) is 72.6 cm³/mol. The molecular formula is C12H15N5O3. The number of nitrogens with one attached hydrogen (secondary N) is 2. The van der Waals surface area contributed by atoms with Gasteiger partial charge in [-0.05, 0) is 0 Å². The number of rotatable bonds is 5. The summed E-state index contributed by atoms with van der Waals surface area (Å²) in [4.78, 5) is 26.5. The summed E-state index contributed by atoms with van der Waals surface area (Å²) in [6.45, 7) is 0.327. The van der Waals surface area contributed by atoms with E-state index in [1.54, 1.807) is 25.0 Å². The fourth-order valence-electron chi connectivity index (χ4n) is 1.87. The van der Waals surface area contributed by atoms with Crippen LogP contribution in [0.15, 0.2) is 12.4 Å². The van der Waals surface area contributed by atoms with Crippen LogP contribution in [0.1, 0.15) is 16.8 Å². The maximum Gasteiger partial charge on any atom is 0.339 e. The maximum atomic E-state index is 11.2. The molecule has 0 spiro atoms. The van der Waals surface area contributed by atoms with Crippen molar-refractivity contribution in [2.24, 2.45) is 7.05 Å². The van der Waals surface area contributed by atoms with Gasteiger partial charge in [-0.15, -0.1) is 0 Å². The highest BCUT2D eigenvalue weighted by Crippen LogP contribution is 2.25. The van der Waals surface area contributed by atoms with Crippen molar-refractivity contribution < 1.29 is 14.7 Å². The molecule has 1 amide bonds. The number of carboxylic acids is 1. The molecule has 0 unspecified atom stereocenters. The largest absolute Gasteiger partial charge is 0.478 e. The topological polar surface area (TPSA) is 109 Å². The molecule has 2 aromatic heterocycles. The summed E-state index contributed by atoms with van der Waals surface area (Å²) in [5.41, 5.74) is 1.07. The number of hydrogen-bond acceptors (Lipinski definition) is 5. The minimum absolute atomic E-state index is 0.0578. The molecule has 0 fully saturated rings. The Morgan fingerprint density at radius 3 is 2.80 bits per heavy atom. The van der Waals surface area contributed by atoms with Gasteiger partial charge in [-0.3, -0.25) is 9.48 Å². The van der Waals surface area contributed by atoms with E-state index >= 15 is 0 Å². The SMILES string of the molecule is CNC(=O)CCNc1c(C(=O)O)cnc2c1cnn2C. The fourth-order valence-corrected chi connectivity index (χ4v) is 1.87. The van der Waals surface area contributed by atoms with Crippen molar-refractivity contribution in [2.45, 2.75) is 6.42 Å². The van der Waals surface area contributed by atoms with Crippen molar-refractivity contribution in [3.63, 3.8) is 0 Å². The van der Waals surface area contributed by atoms with E-state index in [1.807, 2.05) is 0 Å². The zero-order chi connectivity index (χ0) is 14.7. The van der Waals surface area contributed by atoms with Crippen molar-refractivity contribution in [1.82, 2.24) is 20.1 Å². The molecule has 106 valence electrons.